The van der Waals surface area contributed by atoms with Gasteiger partial charge in [-0.3, -0.25) is 9.59 Å². The van der Waals surface area contributed by atoms with E-state index in [4.69, 9.17) is 9.47 Å². The van der Waals surface area contributed by atoms with Gasteiger partial charge >= 0.3 is 0 Å². The van der Waals surface area contributed by atoms with Crippen molar-refractivity contribution in [3.05, 3.63) is 166 Å². The van der Waals surface area contributed by atoms with E-state index in [9.17, 15) is 9.59 Å². The molecule has 0 atom stereocenters. The Morgan fingerprint density at radius 2 is 0.630 bits per heavy atom. The van der Waals surface area contributed by atoms with Gasteiger partial charge in [0.15, 0.2) is 10.9 Å². The van der Waals surface area contributed by atoms with Crippen LogP contribution >= 0.6 is 0 Å². The summed E-state index contributed by atoms with van der Waals surface area (Å²) in [5.41, 5.74) is 5.75. The Balaban J connectivity index is 0.000000147. The van der Waals surface area contributed by atoms with Crippen molar-refractivity contribution in [2.24, 2.45) is 0 Å². The number of pyridine rings is 2. The molecule has 2 heterocycles. The molecule has 0 radical (unpaired) electrons. The van der Waals surface area contributed by atoms with E-state index in [-0.39, 0.29) is 10.9 Å². The Labute approximate surface area is 264 Å². The maximum absolute atomic E-state index is 12.7. The summed E-state index contributed by atoms with van der Waals surface area (Å²) in [5, 5.41) is 2.90. The number of para-hydroxylation sites is 4. The highest BCUT2D eigenvalue weighted by atomic mass is 16.5. The summed E-state index contributed by atoms with van der Waals surface area (Å²) in [4.78, 5) is 25.5. The van der Waals surface area contributed by atoms with Crippen LogP contribution in [-0.4, -0.2) is 23.4 Å². The van der Waals surface area contributed by atoms with Crippen molar-refractivity contribution >= 4 is 43.6 Å². The van der Waals surface area contributed by atoms with Crippen molar-refractivity contribution in [1.82, 2.24) is 9.13 Å². The normalized spacial score (nSPS) is 11.0. The van der Waals surface area contributed by atoms with E-state index in [1.807, 2.05) is 146 Å². The predicted octanol–water partition coefficient (Wildman–Crippen LogP) is 8.31. The maximum Gasteiger partial charge on any atom is 0.197 e. The van der Waals surface area contributed by atoms with Crippen LogP contribution in [-0.2, 0) is 0 Å². The zero-order valence-corrected chi connectivity index (χ0v) is 25.4. The third-order valence-electron chi connectivity index (χ3n) is 8.22. The molecule has 6 heteroatoms. The molecule has 0 unspecified atom stereocenters. The van der Waals surface area contributed by atoms with Gasteiger partial charge in [0.1, 0.15) is 11.5 Å². The maximum atomic E-state index is 12.7. The Kier molecular flexibility index (Phi) is 7.53. The van der Waals surface area contributed by atoms with E-state index in [1.54, 1.807) is 14.2 Å². The highest BCUT2D eigenvalue weighted by molar-refractivity contribution is 5.96. The number of hydrogen-bond donors (Lipinski definition) is 0. The molecule has 0 saturated heterocycles. The molecule has 0 saturated carbocycles. The minimum Gasteiger partial charge on any atom is -0.497 e. The van der Waals surface area contributed by atoms with Crippen LogP contribution < -0.4 is 20.3 Å². The lowest BCUT2D eigenvalue weighted by Crippen LogP contribution is -2.10. The average molecular weight is 603 g/mol. The summed E-state index contributed by atoms with van der Waals surface area (Å²) in [6.07, 6.45) is 0. The van der Waals surface area contributed by atoms with E-state index in [1.165, 1.54) is 0 Å². The summed E-state index contributed by atoms with van der Waals surface area (Å²) in [6.45, 7) is 0. The van der Waals surface area contributed by atoms with Crippen molar-refractivity contribution < 1.29 is 9.47 Å². The fourth-order valence-corrected chi connectivity index (χ4v) is 6.01. The van der Waals surface area contributed by atoms with Crippen LogP contribution in [0.4, 0.5) is 0 Å². The van der Waals surface area contributed by atoms with E-state index >= 15 is 0 Å². The smallest absolute Gasteiger partial charge is 0.197 e. The molecule has 224 valence electrons. The Morgan fingerprint density at radius 3 is 0.891 bits per heavy atom. The monoisotopic (exact) mass is 602 g/mol. The molecule has 0 aliphatic heterocycles. The van der Waals surface area contributed by atoms with Gasteiger partial charge in [0.05, 0.1) is 36.3 Å². The lowest BCUT2D eigenvalue weighted by atomic mass is 10.1. The highest BCUT2D eigenvalue weighted by Crippen LogP contribution is 2.26. The van der Waals surface area contributed by atoms with Crippen LogP contribution in [0.5, 0.6) is 11.5 Å². The second kappa shape index (κ2) is 12.1. The van der Waals surface area contributed by atoms with Gasteiger partial charge in [-0.25, -0.2) is 0 Å². The first-order valence-electron chi connectivity index (χ1n) is 14.9. The molecule has 0 bridgehead atoms. The topological polar surface area (TPSA) is 62.5 Å². The number of rotatable bonds is 4. The minimum absolute atomic E-state index is 0.0703. The Bertz CT molecular complexity index is 2180. The summed E-state index contributed by atoms with van der Waals surface area (Å²) >= 11 is 0. The van der Waals surface area contributed by atoms with Crippen molar-refractivity contribution in [3.8, 4) is 22.9 Å². The molecule has 46 heavy (non-hydrogen) atoms. The molecule has 0 aliphatic carbocycles. The molecular weight excluding hydrogens is 572 g/mol. The molecular formula is C40H30N2O4. The van der Waals surface area contributed by atoms with E-state index < -0.39 is 0 Å². The molecule has 6 nitrogen and oxygen atoms in total. The zero-order valence-electron chi connectivity index (χ0n) is 25.4. The third-order valence-corrected chi connectivity index (χ3v) is 8.22. The quantitative estimate of drug-likeness (QED) is 0.190. The number of hydrogen-bond acceptors (Lipinski definition) is 4. The fraction of sp³-hybridized carbons (Fsp3) is 0.0500. The second-order valence-corrected chi connectivity index (χ2v) is 10.8. The second-order valence-electron chi connectivity index (χ2n) is 10.8. The number of aromatic nitrogens is 2. The summed E-state index contributed by atoms with van der Waals surface area (Å²) in [6, 6.07) is 46.6. The lowest BCUT2D eigenvalue weighted by Gasteiger charge is -2.15. The van der Waals surface area contributed by atoms with Gasteiger partial charge < -0.3 is 18.6 Å². The minimum atomic E-state index is 0.0703. The van der Waals surface area contributed by atoms with Gasteiger partial charge in [0.2, 0.25) is 0 Å². The first kappa shape index (κ1) is 28.6. The fourth-order valence-electron chi connectivity index (χ4n) is 6.01. The van der Waals surface area contributed by atoms with Crippen LogP contribution in [0.1, 0.15) is 0 Å². The van der Waals surface area contributed by atoms with Crippen LogP contribution in [0.15, 0.2) is 155 Å². The standard InChI is InChI=1S/2C20H15NO2/c2*1-23-15-12-10-14(11-13-15)21-18-8-4-2-6-16(18)20(22)17-7-3-5-9-19(17)21/h2*2-13H,1H3. The largest absolute Gasteiger partial charge is 0.497 e. The molecule has 0 N–H and O–H groups in total. The number of nitrogens with zero attached hydrogens (tertiary/aromatic N) is 2. The van der Waals surface area contributed by atoms with Gasteiger partial charge in [-0.15, -0.1) is 0 Å². The molecule has 2 aromatic heterocycles. The third kappa shape index (κ3) is 4.96. The van der Waals surface area contributed by atoms with E-state index in [2.05, 4.69) is 9.13 Å². The zero-order chi connectivity index (χ0) is 31.6. The van der Waals surface area contributed by atoms with Gasteiger partial charge in [0.25, 0.3) is 0 Å². The molecule has 8 aromatic rings. The van der Waals surface area contributed by atoms with Crippen molar-refractivity contribution in [3.63, 3.8) is 0 Å². The number of methoxy groups -OCH3 is 2. The summed E-state index contributed by atoms with van der Waals surface area (Å²) in [7, 11) is 3.30. The van der Waals surface area contributed by atoms with Crippen molar-refractivity contribution in [2.45, 2.75) is 0 Å². The van der Waals surface area contributed by atoms with Crippen LogP contribution in [0.2, 0.25) is 0 Å². The summed E-state index contributed by atoms with van der Waals surface area (Å²) < 4.78 is 14.7. The molecule has 0 spiro atoms. The van der Waals surface area contributed by atoms with Gasteiger partial charge in [0, 0.05) is 32.9 Å². The van der Waals surface area contributed by atoms with E-state index in [0.717, 1.165) is 66.5 Å². The first-order valence-corrected chi connectivity index (χ1v) is 14.9. The first-order chi connectivity index (χ1) is 22.6. The van der Waals surface area contributed by atoms with Crippen LogP contribution in [0.25, 0.3) is 55.0 Å². The van der Waals surface area contributed by atoms with Gasteiger partial charge in [-0.2, -0.15) is 0 Å². The molecule has 6 aromatic carbocycles. The molecule has 0 amide bonds. The number of ether oxygens (including phenoxy) is 2. The number of benzene rings is 6. The Morgan fingerprint density at radius 1 is 0.370 bits per heavy atom. The van der Waals surface area contributed by atoms with Crippen molar-refractivity contribution in [2.75, 3.05) is 14.2 Å². The van der Waals surface area contributed by atoms with Crippen LogP contribution in [0.3, 0.4) is 0 Å². The lowest BCUT2D eigenvalue weighted by molar-refractivity contribution is 0.414. The highest BCUT2D eigenvalue weighted by Gasteiger charge is 2.13. The van der Waals surface area contributed by atoms with Crippen LogP contribution in [0, 0.1) is 0 Å². The predicted molar refractivity (Wildman–Crippen MR) is 187 cm³/mol. The SMILES string of the molecule is COc1ccc(-n2c3ccccc3c(=O)c3ccccc32)cc1.COc1ccc(-n2c3ccccc3c(=O)c3ccccc32)cc1. The molecule has 0 fully saturated rings. The van der Waals surface area contributed by atoms with E-state index in [0.29, 0.717) is 0 Å². The Hall–Kier alpha value is -6.14. The number of fused-ring (bicyclic) bond motifs is 4. The molecule has 0 aliphatic rings. The molecule has 8 rings (SSSR count). The van der Waals surface area contributed by atoms with Gasteiger partial charge in [-0.1, -0.05) is 48.5 Å². The summed E-state index contributed by atoms with van der Waals surface area (Å²) in [5.74, 6) is 1.62. The average Bonchev–Trinajstić information content (AvgIpc) is 3.13. The van der Waals surface area contributed by atoms with Crippen molar-refractivity contribution in [1.29, 1.82) is 0 Å². The van der Waals surface area contributed by atoms with Gasteiger partial charge in [-0.05, 0) is 97.1 Å².